The van der Waals surface area contributed by atoms with Crippen LogP contribution in [0, 0.1) is 5.82 Å². The number of piperazine rings is 1. The third-order valence-corrected chi connectivity index (χ3v) is 2.91. The number of hydrogen-bond acceptors (Lipinski definition) is 3. The van der Waals surface area contributed by atoms with E-state index in [-0.39, 0.29) is 11.7 Å². The smallest absolute Gasteiger partial charge is 0.242 e. The average molecular weight is 237 g/mol. The van der Waals surface area contributed by atoms with Crippen molar-refractivity contribution in [2.45, 2.75) is 25.9 Å². The lowest BCUT2D eigenvalue weighted by molar-refractivity contribution is -0.140. The number of carbonyl (C=O) groups excluding carboxylic acids is 1. The first-order valence-corrected chi connectivity index (χ1v) is 5.63. The van der Waals surface area contributed by atoms with Crippen molar-refractivity contribution in [3.63, 3.8) is 0 Å². The Kier molecular flexibility index (Phi) is 3.11. The molecule has 17 heavy (non-hydrogen) atoms. The second kappa shape index (κ2) is 4.41. The van der Waals surface area contributed by atoms with Crippen molar-refractivity contribution in [2.24, 2.45) is 0 Å². The maximum absolute atomic E-state index is 13.0. The molecular formula is C12H16FN3O. The van der Waals surface area contributed by atoms with Gasteiger partial charge in [-0.25, -0.2) is 4.39 Å². The molecule has 2 rings (SSSR count). The summed E-state index contributed by atoms with van der Waals surface area (Å²) in [5, 5.41) is 3.15. The molecule has 2 heterocycles. The predicted molar refractivity (Wildman–Crippen MR) is 61.7 cm³/mol. The van der Waals surface area contributed by atoms with Gasteiger partial charge >= 0.3 is 0 Å². The summed E-state index contributed by atoms with van der Waals surface area (Å²) in [5.74, 6) is -0.336. The van der Waals surface area contributed by atoms with Gasteiger partial charge in [0.2, 0.25) is 5.91 Å². The molecule has 0 aliphatic carbocycles. The molecule has 0 aromatic carbocycles. The van der Waals surface area contributed by atoms with Gasteiger partial charge in [0.1, 0.15) is 5.82 Å². The highest BCUT2D eigenvalue weighted by Gasteiger charge is 2.34. The van der Waals surface area contributed by atoms with Crippen LogP contribution < -0.4 is 5.32 Å². The van der Waals surface area contributed by atoms with E-state index in [9.17, 15) is 9.18 Å². The molecule has 0 spiro atoms. The Labute approximate surface area is 99.8 Å². The molecule has 1 fully saturated rings. The molecule has 0 bridgehead atoms. The third kappa shape index (κ3) is 2.61. The SMILES string of the molecule is CC1(C)NCCN(Cc2cncc(F)c2)C1=O. The van der Waals surface area contributed by atoms with Gasteiger partial charge in [-0.15, -0.1) is 0 Å². The summed E-state index contributed by atoms with van der Waals surface area (Å²) in [6, 6.07) is 1.41. The molecule has 1 aromatic heterocycles. The third-order valence-electron chi connectivity index (χ3n) is 2.91. The Hall–Kier alpha value is -1.49. The number of nitrogens with zero attached hydrogens (tertiary/aromatic N) is 2. The molecule has 92 valence electrons. The Morgan fingerprint density at radius 2 is 2.29 bits per heavy atom. The second-order valence-electron chi connectivity index (χ2n) is 4.79. The zero-order valence-electron chi connectivity index (χ0n) is 10.0. The normalized spacial score (nSPS) is 19.5. The average Bonchev–Trinajstić information content (AvgIpc) is 2.25. The topological polar surface area (TPSA) is 45.2 Å². The van der Waals surface area contributed by atoms with Gasteiger partial charge in [0.05, 0.1) is 11.7 Å². The molecular weight excluding hydrogens is 221 g/mol. The van der Waals surface area contributed by atoms with Crippen molar-refractivity contribution in [1.82, 2.24) is 15.2 Å². The number of pyridine rings is 1. The molecule has 1 aliphatic heterocycles. The zero-order chi connectivity index (χ0) is 12.5. The number of carbonyl (C=O) groups is 1. The second-order valence-corrected chi connectivity index (χ2v) is 4.79. The monoisotopic (exact) mass is 237 g/mol. The van der Waals surface area contributed by atoms with Crippen molar-refractivity contribution in [3.05, 3.63) is 29.8 Å². The molecule has 0 saturated carbocycles. The minimum atomic E-state index is -0.543. The molecule has 1 amide bonds. The number of amides is 1. The van der Waals surface area contributed by atoms with Crippen LogP contribution in [0.2, 0.25) is 0 Å². The van der Waals surface area contributed by atoms with Crippen molar-refractivity contribution >= 4 is 5.91 Å². The van der Waals surface area contributed by atoms with Crippen LogP contribution in [-0.2, 0) is 11.3 Å². The number of halogens is 1. The van der Waals surface area contributed by atoms with E-state index in [1.165, 1.54) is 6.07 Å². The highest BCUT2D eigenvalue weighted by atomic mass is 19.1. The van der Waals surface area contributed by atoms with E-state index in [4.69, 9.17) is 0 Å². The number of aromatic nitrogens is 1. The van der Waals surface area contributed by atoms with Crippen molar-refractivity contribution in [1.29, 1.82) is 0 Å². The van der Waals surface area contributed by atoms with Crippen LogP contribution in [0.4, 0.5) is 4.39 Å². The fraction of sp³-hybridized carbons (Fsp3) is 0.500. The summed E-state index contributed by atoms with van der Waals surface area (Å²) < 4.78 is 13.0. The molecule has 0 unspecified atom stereocenters. The van der Waals surface area contributed by atoms with Crippen LogP contribution >= 0.6 is 0 Å². The maximum Gasteiger partial charge on any atom is 0.242 e. The first-order valence-electron chi connectivity index (χ1n) is 5.63. The van der Waals surface area contributed by atoms with Crippen molar-refractivity contribution in [3.8, 4) is 0 Å². The lowest BCUT2D eigenvalue weighted by atomic mass is 10.0. The molecule has 0 atom stereocenters. The van der Waals surface area contributed by atoms with Gasteiger partial charge in [0, 0.05) is 25.8 Å². The highest BCUT2D eigenvalue weighted by Crippen LogP contribution is 2.15. The summed E-state index contributed by atoms with van der Waals surface area (Å²) in [7, 11) is 0. The molecule has 5 heteroatoms. The first kappa shape index (κ1) is 12.0. The Balaban J connectivity index is 2.11. The van der Waals surface area contributed by atoms with Crippen LogP contribution in [0.1, 0.15) is 19.4 Å². The number of nitrogens with one attached hydrogen (secondary N) is 1. The van der Waals surface area contributed by atoms with Gasteiger partial charge in [0.25, 0.3) is 0 Å². The fourth-order valence-corrected chi connectivity index (χ4v) is 1.99. The fourth-order valence-electron chi connectivity index (χ4n) is 1.99. The Morgan fingerprint density at radius 3 is 3.00 bits per heavy atom. The lowest BCUT2D eigenvalue weighted by Crippen LogP contribution is -2.60. The van der Waals surface area contributed by atoms with Gasteiger partial charge in [-0.2, -0.15) is 0 Å². The van der Waals surface area contributed by atoms with Crippen LogP contribution in [0.25, 0.3) is 0 Å². The summed E-state index contributed by atoms with van der Waals surface area (Å²) in [4.78, 5) is 17.6. The molecule has 1 N–H and O–H groups in total. The van der Waals surface area contributed by atoms with E-state index in [1.54, 1.807) is 11.1 Å². The minimum absolute atomic E-state index is 0.0352. The van der Waals surface area contributed by atoms with Gasteiger partial charge in [-0.1, -0.05) is 0 Å². The summed E-state index contributed by atoms with van der Waals surface area (Å²) in [6.07, 6.45) is 2.75. The molecule has 4 nitrogen and oxygen atoms in total. The summed E-state index contributed by atoms with van der Waals surface area (Å²) in [5.41, 5.74) is 0.176. The molecule has 1 saturated heterocycles. The lowest BCUT2D eigenvalue weighted by Gasteiger charge is -2.38. The highest BCUT2D eigenvalue weighted by molar-refractivity contribution is 5.86. The minimum Gasteiger partial charge on any atom is -0.335 e. The molecule has 1 aromatic rings. The van der Waals surface area contributed by atoms with Crippen molar-refractivity contribution in [2.75, 3.05) is 13.1 Å². The summed E-state index contributed by atoms with van der Waals surface area (Å²) in [6.45, 7) is 5.51. The van der Waals surface area contributed by atoms with Crippen LogP contribution in [0.15, 0.2) is 18.5 Å². The summed E-state index contributed by atoms with van der Waals surface area (Å²) >= 11 is 0. The Bertz CT molecular complexity index is 434. The quantitative estimate of drug-likeness (QED) is 0.832. The van der Waals surface area contributed by atoms with E-state index in [1.807, 2.05) is 13.8 Å². The Morgan fingerprint density at radius 1 is 1.53 bits per heavy atom. The van der Waals surface area contributed by atoms with E-state index in [0.29, 0.717) is 13.1 Å². The van der Waals surface area contributed by atoms with Gasteiger partial charge in [-0.3, -0.25) is 9.78 Å². The maximum atomic E-state index is 13.0. The zero-order valence-corrected chi connectivity index (χ0v) is 10.0. The van der Waals surface area contributed by atoms with E-state index >= 15 is 0 Å². The van der Waals surface area contributed by atoms with Crippen LogP contribution in [0.5, 0.6) is 0 Å². The molecule has 0 radical (unpaired) electrons. The van der Waals surface area contributed by atoms with Crippen molar-refractivity contribution < 1.29 is 9.18 Å². The van der Waals surface area contributed by atoms with Gasteiger partial charge in [-0.05, 0) is 25.5 Å². The van der Waals surface area contributed by atoms with Crippen LogP contribution in [0.3, 0.4) is 0 Å². The van der Waals surface area contributed by atoms with E-state index in [2.05, 4.69) is 10.3 Å². The predicted octanol–water partition coefficient (Wildman–Crippen LogP) is 0.931. The first-order chi connectivity index (χ1) is 7.99. The van der Waals surface area contributed by atoms with Gasteiger partial charge in [0.15, 0.2) is 0 Å². The molecule has 1 aliphatic rings. The van der Waals surface area contributed by atoms with E-state index in [0.717, 1.165) is 18.3 Å². The standard InChI is InChI=1S/C12H16FN3O/c1-12(2)11(17)16(4-3-15-12)8-9-5-10(13)7-14-6-9/h5-7,15H,3-4,8H2,1-2H3. The largest absolute Gasteiger partial charge is 0.335 e. The van der Waals surface area contributed by atoms with Crippen LogP contribution in [-0.4, -0.2) is 34.4 Å². The number of rotatable bonds is 2. The van der Waals surface area contributed by atoms with E-state index < -0.39 is 5.54 Å². The number of hydrogen-bond donors (Lipinski definition) is 1. The van der Waals surface area contributed by atoms with Gasteiger partial charge < -0.3 is 10.2 Å².